The van der Waals surface area contributed by atoms with Gasteiger partial charge in [0.15, 0.2) is 5.96 Å². The van der Waals surface area contributed by atoms with Crippen LogP contribution < -0.4 is 10.6 Å². The number of sulfone groups is 1. The normalized spacial score (nSPS) is 16.2. The number of guanidine groups is 1. The number of hydrogen-bond donors (Lipinski definition) is 2. The van der Waals surface area contributed by atoms with Crippen molar-refractivity contribution in [3.63, 3.8) is 0 Å². The first kappa shape index (κ1) is 27.1. The standard InChI is InChI=1S/C21H36N4O3S.HI/c1-4-22-21(23-10-13-28-14-15-29(3,26)27)24-20-8-11-25(12-9-20)17-19-7-5-6-18(2)16-19;/h5-7,16,20H,4,8-15,17H2,1-3H3,(H2,22,23,24);1H. The second-order valence-electron chi connectivity index (χ2n) is 7.69. The third-order valence-corrected chi connectivity index (χ3v) is 5.77. The van der Waals surface area contributed by atoms with E-state index < -0.39 is 9.84 Å². The van der Waals surface area contributed by atoms with Crippen molar-refractivity contribution in [3.05, 3.63) is 35.4 Å². The zero-order valence-corrected chi connectivity index (χ0v) is 21.5. The fourth-order valence-electron chi connectivity index (χ4n) is 3.35. The lowest BCUT2D eigenvalue weighted by molar-refractivity contribution is 0.157. The summed E-state index contributed by atoms with van der Waals surface area (Å²) in [5, 5.41) is 6.80. The van der Waals surface area contributed by atoms with Crippen molar-refractivity contribution in [3.8, 4) is 0 Å². The summed E-state index contributed by atoms with van der Waals surface area (Å²) in [5.41, 5.74) is 2.69. The van der Waals surface area contributed by atoms with Gasteiger partial charge in [-0.15, -0.1) is 24.0 Å². The van der Waals surface area contributed by atoms with E-state index in [-0.39, 0.29) is 36.3 Å². The van der Waals surface area contributed by atoms with E-state index in [9.17, 15) is 8.42 Å². The van der Waals surface area contributed by atoms with Gasteiger partial charge in [0, 0.05) is 38.5 Å². The summed E-state index contributed by atoms with van der Waals surface area (Å²) in [6.07, 6.45) is 3.38. The van der Waals surface area contributed by atoms with E-state index in [1.807, 2.05) is 6.92 Å². The minimum atomic E-state index is -2.97. The molecule has 1 aromatic rings. The molecular weight excluding hydrogens is 515 g/mol. The van der Waals surface area contributed by atoms with Crippen LogP contribution in [-0.2, 0) is 21.1 Å². The van der Waals surface area contributed by atoms with Crippen molar-refractivity contribution in [2.45, 2.75) is 39.3 Å². The van der Waals surface area contributed by atoms with Gasteiger partial charge in [0.2, 0.25) is 0 Å². The highest BCUT2D eigenvalue weighted by Crippen LogP contribution is 2.14. The lowest BCUT2D eigenvalue weighted by Crippen LogP contribution is -2.48. The van der Waals surface area contributed by atoms with Gasteiger partial charge in [-0.25, -0.2) is 8.42 Å². The number of benzene rings is 1. The van der Waals surface area contributed by atoms with E-state index in [2.05, 4.69) is 51.7 Å². The minimum absolute atomic E-state index is 0. The molecule has 0 radical (unpaired) electrons. The summed E-state index contributed by atoms with van der Waals surface area (Å²) in [4.78, 5) is 7.05. The summed E-state index contributed by atoms with van der Waals surface area (Å²) >= 11 is 0. The fourth-order valence-corrected chi connectivity index (χ4v) is 3.77. The van der Waals surface area contributed by atoms with Crippen LogP contribution in [0.2, 0.25) is 0 Å². The number of hydrogen-bond acceptors (Lipinski definition) is 5. The second kappa shape index (κ2) is 14.2. The fraction of sp³-hybridized carbons (Fsp3) is 0.667. The Labute approximate surface area is 199 Å². The highest BCUT2D eigenvalue weighted by Gasteiger charge is 2.20. The van der Waals surface area contributed by atoms with Crippen LogP contribution in [0, 0.1) is 6.92 Å². The number of nitrogens with zero attached hydrogens (tertiary/aromatic N) is 2. The molecule has 0 spiro atoms. The van der Waals surface area contributed by atoms with Crippen LogP contribution in [0.5, 0.6) is 0 Å². The van der Waals surface area contributed by atoms with E-state index in [0.717, 1.165) is 45.0 Å². The number of likely N-dealkylation sites (tertiary alicyclic amines) is 1. The van der Waals surface area contributed by atoms with E-state index in [1.54, 1.807) is 0 Å². The van der Waals surface area contributed by atoms with E-state index in [4.69, 9.17) is 4.74 Å². The monoisotopic (exact) mass is 552 g/mol. The molecule has 0 amide bonds. The molecule has 30 heavy (non-hydrogen) atoms. The zero-order valence-electron chi connectivity index (χ0n) is 18.4. The predicted molar refractivity (Wildman–Crippen MR) is 135 cm³/mol. The molecule has 1 aliphatic heterocycles. The van der Waals surface area contributed by atoms with Crippen molar-refractivity contribution in [1.82, 2.24) is 15.5 Å². The number of aryl methyl sites for hydroxylation is 1. The van der Waals surface area contributed by atoms with Gasteiger partial charge in [-0.2, -0.15) is 0 Å². The first-order valence-electron chi connectivity index (χ1n) is 10.4. The zero-order chi connectivity index (χ0) is 21.1. The van der Waals surface area contributed by atoms with Gasteiger partial charge < -0.3 is 15.4 Å². The molecule has 0 aromatic heterocycles. The van der Waals surface area contributed by atoms with Gasteiger partial charge in [-0.3, -0.25) is 9.89 Å². The molecule has 2 rings (SSSR count). The van der Waals surface area contributed by atoms with Gasteiger partial charge >= 0.3 is 0 Å². The Bertz CT molecular complexity index is 750. The van der Waals surface area contributed by atoms with Gasteiger partial charge in [-0.1, -0.05) is 29.8 Å². The summed E-state index contributed by atoms with van der Waals surface area (Å²) < 4.78 is 27.5. The molecule has 0 bridgehead atoms. The SMILES string of the molecule is CCNC(=NCCOCCS(C)(=O)=O)NC1CCN(Cc2cccc(C)c2)CC1.I. The molecule has 2 N–H and O–H groups in total. The molecule has 7 nitrogen and oxygen atoms in total. The van der Waals surface area contributed by atoms with E-state index in [0.29, 0.717) is 19.2 Å². The van der Waals surface area contributed by atoms with Crippen molar-refractivity contribution >= 4 is 39.8 Å². The van der Waals surface area contributed by atoms with Crippen molar-refractivity contribution in [2.24, 2.45) is 4.99 Å². The quantitative estimate of drug-likeness (QED) is 0.201. The molecule has 9 heteroatoms. The van der Waals surface area contributed by atoms with Gasteiger partial charge in [0.05, 0.1) is 25.5 Å². The minimum Gasteiger partial charge on any atom is -0.378 e. The third kappa shape index (κ3) is 11.5. The molecule has 0 aliphatic carbocycles. The number of nitrogens with one attached hydrogen (secondary N) is 2. The summed E-state index contributed by atoms with van der Waals surface area (Å²) in [6.45, 7) is 9.27. The summed E-state index contributed by atoms with van der Waals surface area (Å²) in [5.74, 6) is 0.854. The maximum Gasteiger partial charge on any atom is 0.191 e. The smallest absolute Gasteiger partial charge is 0.191 e. The molecule has 0 atom stereocenters. The van der Waals surface area contributed by atoms with Crippen molar-refractivity contribution in [2.75, 3.05) is 51.4 Å². The van der Waals surface area contributed by atoms with Crippen molar-refractivity contribution in [1.29, 1.82) is 0 Å². The number of piperidine rings is 1. The highest BCUT2D eigenvalue weighted by molar-refractivity contribution is 14.0. The topological polar surface area (TPSA) is 83.0 Å². The summed E-state index contributed by atoms with van der Waals surface area (Å²) in [7, 11) is -2.97. The first-order valence-corrected chi connectivity index (χ1v) is 12.5. The predicted octanol–water partition coefficient (Wildman–Crippen LogP) is 2.19. The van der Waals surface area contributed by atoms with Crippen LogP contribution in [0.25, 0.3) is 0 Å². The number of rotatable bonds is 10. The Kier molecular flexibility index (Phi) is 12.8. The highest BCUT2D eigenvalue weighted by atomic mass is 127. The third-order valence-electron chi connectivity index (χ3n) is 4.87. The largest absolute Gasteiger partial charge is 0.378 e. The van der Waals surface area contributed by atoms with Crippen LogP contribution in [0.1, 0.15) is 30.9 Å². The Balaban J connectivity index is 0.00000450. The Hall–Kier alpha value is -0.910. The lowest BCUT2D eigenvalue weighted by Gasteiger charge is -2.33. The van der Waals surface area contributed by atoms with Crippen LogP contribution in [0.3, 0.4) is 0 Å². The van der Waals surface area contributed by atoms with Crippen LogP contribution in [-0.4, -0.2) is 76.7 Å². The molecule has 1 heterocycles. The maximum atomic E-state index is 11.1. The van der Waals surface area contributed by atoms with Gasteiger partial charge in [0.25, 0.3) is 0 Å². The van der Waals surface area contributed by atoms with Crippen LogP contribution >= 0.6 is 24.0 Å². The average molecular weight is 553 g/mol. The Morgan fingerprint density at radius 3 is 2.63 bits per heavy atom. The van der Waals surface area contributed by atoms with Gasteiger partial charge in [-0.05, 0) is 32.3 Å². The molecule has 1 aliphatic rings. The van der Waals surface area contributed by atoms with Crippen LogP contribution in [0.15, 0.2) is 29.3 Å². The summed E-state index contributed by atoms with van der Waals surface area (Å²) in [6, 6.07) is 9.14. The Morgan fingerprint density at radius 2 is 2.00 bits per heavy atom. The van der Waals surface area contributed by atoms with E-state index in [1.165, 1.54) is 17.4 Å². The Morgan fingerprint density at radius 1 is 1.27 bits per heavy atom. The van der Waals surface area contributed by atoms with Crippen molar-refractivity contribution < 1.29 is 13.2 Å². The lowest BCUT2D eigenvalue weighted by atomic mass is 10.0. The molecule has 1 fully saturated rings. The number of halogens is 1. The first-order chi connectivity index (χ1) is 13.9. The number of ether oxygens (including phenoxy) is 1. The molecule has 0 unspecified atom stereocenters. The van der Waals surface area contributed by atoms with Crippen LogP contribution in [0.4, 0.5) is 0 Å². The molecule has 172 valence electrons. The molecule has 1 aromatic carbocycles. The second-order valence-corrected chi connectivity index (χ2v) is 9.95. The number of aliphatic imine (C=N–C) groups is 1. The van der Waals surface area contributed by atoms with E-state index >= 15 is 0 Å². The molecule has 1 saturated heterocycles. The average Bonchev–Trinajstić information content (AvgIpc) is 2.65. The van der Waals surface area contributed by atoms with Gasteiger partial charge in [0.1, 0.15) is 9.84 Å². The molecular formula is C21H37IN4O3S. The maximum absolute atomic E-state index is 11.1. The molecule has 0 saturated carbocycles.